The maximum absolute atomic E-state index is 14.0. The zero-order valence-electron chi connectivity index (χ0n) is 16.6. The number of rotatable bonds is 5. The Kier molecular flexibility index (Phi) is 5.44. The average molecular weight is 422 g/mol. The van der Waals surface area contributed by atoms with Crippen molar-refractivity contribution in [3.8, 4) is 5.88 Å². The first-order valence-corrected chi connectivity index (χ1v) is 9.47. The number of alkyl carbamates (subject to hydrolysis) is 1. The number of fused-ring (bicyclic) bond motifs is 2. The van der Waals surface area contributed by atoms with Crippen LogP contribution in [0.1, 0.15) is 11.1 Å². The normalized spacial score (nSPS) is 10.9. The Balaban J connectivity index is 1.90. The van der Waals surface area contributed by atoms with Crippen LogP contribution in [0.5, 0.6) is 5.88 Å². The number of carbonyl (C=O) groups is 2. The molecule has 0 aliphatic heterocycles. The van der Waals surface area contributed by atoms with Gasteiger partial charge in [-0.05, 0) is 34.5 Å². The van der Waals surface area contributed by atoms with Crippen molar-refractivity contribution in [1.29, 1.82) is 0 Å². The first-order chi connectivity index (χ1) is 15.0. The Hall–Kier alpha value is -4.07. The number of carboxylic acid groups (broad SMARTS) is 1. The van der Waals surface area contributed by atoms with Gasteiger partial charge in [0.2, 0.25) is 5.88 Å². The molecule has 1 amide bonds. The molecular weight excluding hydrogens is 403 g/mol. The molecule has 4 rings (SSSR count). The molecule has 0 radical (unpaired) electrons. The maximum atomic E-state index is 14.0. The number of carbonyl (C=O) groups excluding carboxylic acids is 1. The van der Waals surface area contributed by atoms with E-state index in [0.29, 0.717) is 16.5 Å². The van der Waals surface area contributed by atoms with Crippen molar-refractivity contribution in [2.45, 2.75) is 13.1 Å². The van der Waals surface area contributed by atoms with E-state index in [4.69, 9.17) is 4.74 Å². The zero-order chi connectivity index (χ0) is 22.0. The monoisotopic (exact) mass is 422 g/mol. The summed E-state index contributed by atoms with van der Waals surface area (Å²) in [6.07, 6.45) is -2.21. The predicted molar refractivity (Wildman–Crippen MR) is 113 cm³/mol. The van der Waals surface area contributed by atoms with E-state index in [-0.39, 0.29) is 19.0 Å². The molecule has 2 N–H and O–H groups in total. The minimum atomic E-state index is -1.51. The third-order valence-corrected chi connectivity index (χ3v) is 5.07. The molecule has 0 saturated heterocycles. The number of benzene rings is 3. The van der Waals surface area contributed by atoms with Crippen LogP contribution in [0.4, 0.5) is 14.0 Å². The SMILES string of the molecule is COC(=O)NCc1c(OC(=O)O)n(Cc2cccc3ccccc23)c2ccc(F)cc12. The fourth-order valence-electron chi connectivity index (χ4n) is 3.73. The van der Waals surface area contributed by atoms with E-state index in [1.54, 1.807) is 10.6 Å². The number of halogens is 1. The van der Waals surface area contributed by atoms with Crippen LogP contribution in [0.15, 0.2) is 60.7 Å². The van der Waals surface area contributed by atoms with Crippen LogP contribution >= 0.6 is 0 Å². The van der Waals surface area contributed by atoms with E-state index in [2.05, 4.69) is 10.1 Å². The van der Waals surface area contributed by atoms with E-state index in [0.717, 1.165) is 16.3 Å². The lowest BCUT2D eigenvalue weighted by Crippen LogP contribution is -2.23. The predicted octanol–water partition coefficient (Wildman–Crippen LogP) is 4.89. The number of methoxy groups -OCH3 is 1. The van der Waals surface area contributed by atoms with Gasteiger partial charge in [0.1, 0.15) is 5.82 Å². The molecule has 0 fully saturated rings. The Morgan fingerprint density at radius 1 is 1.06 bits per heavy atom. The fourth-order valence-corrected chi connectivity index (χ4v) is 3.73. The maximum Gasteiger partial charge on any atom is 0.512 e. The highest BCUT2D eigenvalue weighted by atomic mass is 19.1. The summed E-state index contributed by atoms with van der Waals surface area (Å²) in [6, 6.07) is 17.8. The molecule has 0 unspecified atom stereocenters. The summed E-state index contributed by atoms with van der Waals surface area (Å²) < 4.78 is 25.4. The van der Waals surface area contributed by atoms with Gasteiger partial charge in [0.15, 0.2) is 0 Å². The van der Waals surface area contributed by atoms with Crippen LogP contribution in [0.25, 0.3) is 21.7 Å². The third-order valence-electron chi connectivity index (χ3n) is 5.07. The Morgan fingerprint density at radius 3 is 2.61 bits per heavy atom. The lowest BCUT2D eigenvalue weighted by Gasteiger charge is -2.13. The van der Waals surface area contributed by atoms with Gasteiger partial charge in [-0.2, -0.15) is 0 Å². The van der Waals surface area contributed by atoms with Crippen molar-refractivity contribution in [2.75, 3.05) is 7.11 Å². The van der Waals surface area contributed by atoms with Gasteiger partial charge < -0.3 is 24.5 Å². The van der Waals surface area contributed by atoms with Gasteiger partial charge in [-0.1, -0.05) is 42.5 Å². The van der Waals surface area contributed by atoms with Gasteiger partial charge in [0.05, 0.1) is 25.7 Å². The summed E-state index contributed by atoms with van der Waals surface area (Å²) in [5.41, 5.74) is 1.84. The van der Waals surface area contributed by atoms with Crippen LogP contribution in [-0.4, -0.2) is 29.0 Å². The fraction of sp³-hybridized carbons (Fsp3) is 0.130. The number of nitrogens with one attached hydrogen (secondary N) is 1. The van der Waals surface area contributed by atoms with Gasteiger partial charge in [0, 0.05) is 10.9 Å². The molecule has 8 heteroatoms. The third kappa shape index (κ3) is 4.00. The summed E-state index contributed by atoms with van der Waals surface area (Å²) in [5.74, 6) is -0.478. The molecule has 0 spiro atoms. The van der Waals surface area contributed by atoms with Crippen LogP contribution in [0.3, 0.4) is 0 Å². The molecule has 31 heavy (non-hydrogen) atoms. The van der Waals surface area contributed by atoms with Crippen molar-refractivity contribution < 1.29 is 28.6 Å². The summed E-state index contributed by atoms with van der Waals surface area (Å²) in [4.78, 5) is 23.0. The van der Waals surface area contributed by atoms with Crippen molar-refractivity contribution >= 4 is 33.9 Å². The smallest absolute Gasteiger partial charge is 0.453 e. The molecule has 0 saturated carbocycles. The number of hydrogen-bond donors (Lipinski definition) is 2. The van der Waals surface area contributed by atoms with Crippen LogP contribution in [0.2, 0.25) is 0 Å². The van der Waals surface area contributed by atoms with Crippen molar-refractivity contribution in [2.24, 2.45) is 0 Å². The molecule has 3 aromatic carbocycles. The number of aromatic nitrogens is 1. The second-order valence-corrected chi connectivity index (χ2v) is 6.88. The first-order valence-electron chi connectivity index (χ1n) is 9.47. The van der Waals surface area contributed by atoms with Gasteiger partial charge in [0.25, 0.3) is 0 Å². The van der Waals surface area contributed by atoms with E-state index in [9.17, 15) is 19.1 Å². The molecule has 0 aliphatic carbocycles. The molecule has 0 atom stereocenters. The average Bonchev–Trinajstić information content (AvgIpc) is 3.03. The second-order valence-electron chi connectivity index (χ2n) is 6.88. The number of hydrogen-bond acceptors (Lipinski definition) is 4. The molecule has 1 aromatic heterocycles. The summed E-state index contributed by atoms with van der Waals surface area (Å²) in [5, 5.41) is 14.3. The molecular formula is C23H19FN2O5. The largest absolute Gasteiger partial charge is 0.512 e. The molecule has 0 bridgehead atoms. The second kappa shape index (κ2) is 8.35. The summed E-state index contributed by atoms with van der Waals surface area (Å²) >= 11 is 0. The molecule has 0 aliphatic rings. The summed E-state index contributed by atoms with van der Waals surface area (Å²) in [7, 11) is 1.22. The van der Waals surface area contributed by atoms with Crippen LogP contribution in [-0.2, 0) is 17.8 Å². The molecule has 1 heterocycles. The minimum absolute atomic E-state index is 0.0115. The highest BCUT2D eigenvalue weighted by Gasteiger charge is 2.22. The quantitative estimate of drug-likeness (QED) is 0.447. The van der Waals surface area contributed by atoms with E-state index < -0.39 is 18.1 Å². The van der Waals surface area contributed by atoms with Crippen LogP contribution < -0.4 is 10.1 Å². The lowest BCUT2D eigenvalue weighted by molar-refractivity contribution is 0.140. The van der Waals surface area contributed by atoms with Crippen molar-refractivity contribution in [1.82, 2.24) is 9.88 Å². The van der Waals surface area contributed by atoms with Crippen molar-refractivity contribution in [3.63, 3.8) is 0 Å². The lowest BCUT2D eigenvalue weighted by atomic mass is 10.0. The van der Waals surface area contributed by atoms with Gasteiger partial charge >= 0.3 is 12.2 Å². The van der Waals surface area contributed by atoms with Gasteiger partial charge in [-0.25, -0.2) is 14.0 Å². The van der Waals surface area contributed by atoms with E-state index in [1.807, 2.05) is 42.5 Å². The summed E-state index contributed by atoms with van der Waals surface area (Å²) in [6.45, 7) is 0.183. The standard InChI is InChI=1S/C23H19FN2O5/c1-30-22(27)25-12-19-18-11-16(24)9-10-20(18)26(21(19)31-23(28)29)13-15-7-4-6-14-5-2-3-8-17(14)15/h2-11H,12-13H2,1H3,(H,25,27)(H,28,29). The number of ether oxygens (including phenoxy) is 2. The first kappa shape index (κ1) is 20.2. The zero-order valence-corrected chi connectivity index (χ0v) is 16.6. The van der Waals surface area contributed by atoms with Gasteiger partial charge in [-0.3, -0.25) is 0 Å². The Morgan fingerprint density at radius 2 is 1.84 bits per heavy atom. The highest BCUT2D eigenvalue weighted by molar-refractivity contribution is 5.89. The molecule has 4 aromatic rings. The topological polar surface area (TPSA) is 89.8 Å². The van der Waals surface area contributed by atoms with Crippen LogP contribution in [0, 0.1) is 5.82 Å². The Labute approximate surface area is 176 Å². The number of nitrogens with zero attached hydrogens (tertiary/aromatic N) is 1. The molecule has 7 nitrogen and oxygen atoms in total. The van der Waals surface area contributed by atoms with E-state index >= 15 is 0 Å². The highest BCUT2D eigenvalue weighted by Crippen LogP contribution is 2.34. The van der Waals surface area contributed by atoms with Crippen molar-refractivity contribution in [3.05, 3.63) is 77.6 Å². The minimum Gasteiger partial charge on any atom is -0.453 e. The Bertz CT molecular complexity index is 1290. The van der Waals surface area contributed by atoms with E-state index in [1.165, 1.54) is 19.2 Å². The van der Waals surface area contributed by atoms with Gasteiger partial charge in [-0.15, -0.1) is 0 Å². The number of amides is 1. The molecule has 158 valence electrons.